The summed E-state index contributed by atoms with van der Waals surface area (Å²) < 4.78 is 70.9. The SMILES string of the molecule is CC(C)[C@]12O[C@H]1[C@@H]1O[C@]13[C@]1(O[C@H]1C[C@H]1C4=C(CC[C@@]13C)C(=O)OC4)[C@@H]2OCO[C@H]1OC(COC(=O)c2ccccc2)[C@H](OC(=O)c2ccccc2)C(OC(=O)c2ccccc2)C1OC(=O)c1ccccc1. The highest BCUT2D eigenvalue weighted by molar-refractivity contribution is 5.93. The average Bonchev–Trinajstić information content (AvgIpc) is 4.34. The Labute approximate surface area is 408 Å². The fraction of sp³-hybridized carbons (Fsp3) is 0.436. The van der Waals surface area contributed by atoms with Crippen molar-refractivity contribution in [2.45, 2.75) is 112 Å². The molecular formula is C55H52O16. The monoisotopic (exact) mass is 968 g/mol. The minimum Gasteiger partial charge on any atom is -0.459 e. The molecule has 3 unspecified atom stereocenters. The molecule has 12 rings (SSSR count). The summed E-state index contributed by atoms with van der Waals surface area (Å²) in [5.74, 6) is -3.50. The van der Waals surface area contributed by atoms with Gasteiger partial charge in [0, 0.05) is 11.0 Å². The second kappa shape index (κ2) is 17.2. The molecule has 16 nitrogen and oxygen atoms in total. The molecule has 0 bridgehead atoms. The van der Waals surface area contributed by atoms with Crippen molar-refractivity contribution >= 4 is 29.8 Å². The van der Waals surface area contributed by atoms with Crippen LogP contribution in [-0.4, -0.2) is 122 Å². The summed E-state index contributed by atoms with van der Waals surface area (Å²) in [6, 6.07) is 32.8. The quantitative estimate of drug-likeness (QED) is 0.0585. The van der Waals surface area contributed by atoms with Crippen LogP contribution in [0.4, 0.5) is 0 Å². The summed E-state index contributed by atoms with van der Waals surface area (Å²) >= 11 is 0. The lowest BCUT2D eigenvalue weighted by atomic mass is 9.46. The first kappa shape index (κ1) is 45.8. The van der Waals surface area contributed by atoms with Crippen LogP contribution in [0.25, 0.3) is 0 Å². The van der Waals surface area contributed by atoms with E-state index in [1.54, 1.807) is 121 Å². The molecule has 16 heteroatoms. The van der Waals surface area contributed by atoms with Crippen LogP contribution in [0.1, 0.15) is 81.5 Å². The third-order valence-electron chi connectivity index (χ3n) is 16.3. The maximum Gasteiger partial charge on any atom is 0.338 e. The predicted octanol–water partition coefficient (Wildman–Crippen LogP) is 6.36. The Hall–Kier alpha value is -6.27. The zero-order valence-electron chi connectivity index (χ0n) is 39.2. The van der Waals surface area contributed by atoms with Crippen LogP contribution in [0.3, 0.4) is 0 Å². The van der Waals surface area contributed by atoms with Crippen LogP contribution in [-0.2, 0) is 56.9 Å². The summed E-state index contributed by atoms with van der Waals surface area (Å²) in [6.45, 7) is 5.62. The normalized spacial score (nSPS) is 36.5. The van der Waals surface area contributed by atoms with Crippen LogP contribution < -0.4 is 0 Å². The van der Waals surface area contributed by atoms with Gasteiger partial charge in [-0.25, -0.2) is 24.0 Å². The van der Waals surface area contributed by atoms with Gasteiger partial charge in [-0.3, -0.25) is 0 Å². The minimum absolute atomic E-state index is 0.00591. The lowest BCUT2D eigenvalue weighted by Crippen LogP contribution is -2.70. The molecule has 0 N–H and O–H groups in total. The molecule has 6 fully saturated rings. The number of esters is 5. The van der Waals surface area contributed by atoms with Gasteiger partial charge in [0.05, 0.1) is 28.4 Å². The van der Waals surface area contributed by atoms with E-state index in [0.717, 1.165) is 11.1 Å². The lowest BCUT2D eigenvalue weighted by Gasteiger charge is -2.54. The summed E-state index contributed by atoms with van der Waals surface area (Å²) in [4.78, 5) is 68.7. The predicted molar refractivity (Wildman–Crippen MR) is 244 cm³/mol. The van der Waals surface area contributed by atoms with E-state index in [4.69, 9.17) is 52.1 Å². The van der Waals surface area contributed by atoms with Crippen molar-refractivity contribution in [1.82, 2.24) is 0 Å². The van der Waals surface area contributed by atoms with E-state index < -0.39 is 96.3 Å². The number of benzene rings is 4. The van der Waals surface area contributed by atoms with Gasteiger partial charge in [-0.15, -0.1) is 0 Å². The van der Waals surface area contributed by atoms with Gasteiger partial charge in [0.25, 0.3) is 0 Å². The van der Waals surface area contributed by atoms with E-state index in [-0.39, 0.29) is 65.0 Å². The standard InChI is InChI=1S/C55H52O16/c1-30(2)53-43(70-53)44-55(71-44)52(3)25-24-35-36(27-61-49(35)60)37(52)26-39-54(55,69-39)51(53)64-29-63-50-42(68-48(59)34-22-14-7-15-23-34)41(67-47(58)33-20-12-6-13-21-33)40(66-46(57)32-18-10-5-11-19-32)38(65-50)28-62-45(56)31-16-8-4-9-17-31/h4-23,30,37-44,50-51H,24-29H2,1-3H3/t37-,38?,39-,40-,41?,42?,43-,44-,50-,51+,52-,53-,54+,55+/m0/s1. The summed E-state index contributed by atoms with van der Waals surface area (Å²) in [6.07, 6.45) is -7.48. The van der Waals surface area contributed by atoms with Crippen molar-refractivity contribution in [3.05, 3.63) is 155 Å². The molecule has 4 saturated heterocycles. The second-order valence-corrected chi connectivity index (χ2v) is 20.1. The molecule has 0 aromatic heterocycles. The van der Waals surface area contributed by atoms with E-state index in [1.807, 2.05) is 0 Å². The molecule has 4 aromatic rings. The number of hydrogen-bond acceptors (Lipinski definition) is 16. The third-order valence-corrected chi connectivity index (χ3v) is 16.3. The number of epoxide rings is 3. The molecule has 14 atom stereocenters. The molecule has 71 heavy (non-hydrogen) atoms. The first-order chi connectivity index (χ1) is 34.4. The number of rotatable bonds is 14. The van der Waals surface area contributed by atoms with Gasteiger partial charge in [-0.2, -0.15) is 0 Å². The lowest BCUT2D eigenvalue weighted by molar-refractivity contribution is -0.320. The first-order valence-corrected chi connectivity index (χ1v) is 24.2. The van der Waals surface area contributed by atoms with Gasteiger partial charge >= 0.3 is 29.8 Å². The Bertz CT molecular complexity index is 2790. The summed E-state index contributed by atoms with van der Waals surface area (Å²) in [7, 11) is 0. The largest absolute Gasteiger partial charge is 0.459 e. The smallest absolute Gasteiger partial charge is 0.338 e. The Morgan fingerprint density at radius 2 is 1.21 bits per heavy atom. The van der Waals surface area contributed by atoms with E-state index in [0.29, 0.717) is 19.3 Å². The number of ether oxygens (including phenoxy) is 11. The molecule has 8 aliphatic rings. The maximum absolute atomic E-state index is 14.2. The van der Waals surface area contributed by atoms with Crippen molar-refractivity contribution in [3.63, 3.8) is 0 Å². The molecule has 0 radical (unpaired) electrons. The third kappa shape index (κ3) is 7.12. The number of carbonyl (C=O) groups excluding carboxylic acids is 5. The molecule has 2 spiro atoms. The molecule has 2 saturated carbocycles. The molecule has 4 aromatic carbocycles. The topological polar surface area (TPSA) is 197 Å². The van der Waals surface area contributed by atoms with Crippen molar-refractivity contribution in [2.75, 3.05) is 20.0 Å². The van der Waals surface area contributed by atoms with Crippen molar-refractivity contribution in [1.29, 1.82) is 0 Å². The minimum atomic E-state index is -1.62. The fourth-order valence-corrected chi connectivity index (χ4v) is 12.8. The zero-order valence-corrected chi connectivity index (χ0v) is 39.2. The van der Waals surface area contributed by atoms with Gasteiger partial charge in [0.1, 0.15) is 48.8 Å². The molecule has 5 aliphatic heterocycles. The first-order valence-electron chi connectivity index (χ1n) is 24.2. The van der Waals surface area contributed by atoms with E-state index >= 15 is 0 Å². The second-order valence-electron chi connectivity index (χ2n) is 20.1. The highest BCUT2D eigenvalue weighted by Gasteiger charge is 3.00. The molecule has 5 heterocycles. The highest BCUT2D eigenvalue weighted by atomic mass is 16.8. The van der Waals surface area contributed by atoms with Gasteiger partial charge in [-0.1, -0.05) is 93.6 Å². The van der Waals surface area contributed by atoms with Crippen LogP contribution in [0.2, 0.25) is 0 Å². The Balaban J connectivity index is 0.893. The highest BCUT2D eigenvalue weighted by Crippen LogP contribution is 2.83. The van der Waals surface area contributed by atoms with Crippen molar-refractivity contribution < 1.29 is 76.1 Å². The number of cyclic esters (lactones) is 1. The molecule has 3 aliphatic carbocycles. The van der Waals surface area contributed by atoms with Crippen LogP contribution in [0, 0.1) is 17.3 Å². The van der Waals surface area contributed by atoms with Gasteiger partial charge < -0.3 is 52.1 Å². The van der Waals surface area contributed by atoms with E-state index in [1.165, 1.54) is 0 Å². The van der Waals surface area contributed by atoms with Gasteiger partial charge in [-0.05, 0) is 85.2 Å². The van der Waals surface area contributed by atoms with Crippen LogP contribution >= 0.6 is 0 Å². The molecule has 0 amide bonds. The van der Waals surface area contributed by atoms with E-state index in [9.17, 15) is 24.0 Å². The van der Waals surface area contributed by atoms with Gasteiger partial charge in [0.2, 0.25) is 6.29 Å². The zero-order chi connectivity index (χ0) is 48.9. The fourth-order valence-electron chi connectivity index (χ4n) is 12.8. The van der Waals surface area contributed by atoms with Crippen molar-refractivity contribution in [3.8, 4) is 0 Å². The van der Waals surface area contributed by atoms with Crippen LogP contribution in [0.5, 0.6) is 0 Å². The molecule has 368 valence electrons. The Morgan fingerprint density at radius 3 is 1.79 bits per heavy atom. The summed E-state index contributed by atoms with van der Waals surface area (Å²) in [5, 5.41) is 0. The van der Waals surface area contributed by atoms with Gasteiger partial charge in [0.15, 0.2) is 30.7 Å². The van der Waals surface area contributed by atoms with E-state index in [2.05, 4.69) is 20.8 Å². The molecular weight excluding hydrogens is 917 g/mol. The number of fused-ring (bicyclic) bond motifs is 4. The Kier molecular flexibility index (Phi) is 11.1. The van der Waals surface area contributed by atoms with Crippen molar-refractivity contribution in [2.24, 2.45) is 17.3 Å². The Morgan fingerprint density at radius 1 is 0.662 bits per heavy atom. The summed E-state index contributed by atoms with van der Waals surface area (Å²) in [5.41, 5.74) is -0.477. The number of hydrogen-bond donors (Lipinski definition) is 0. The van der Waals surface area contributed by atoms with Crippen LogP contribution in [0.15, 0.2) is 132 Å². The average molecular weight is 969 g/mol. The number of carbonyl (C=O) groups is 5. The maximum atomic E-state index is 14.2.